The summed E-state index contributed by atoms with van der Waals surface area (Å²) in [4.78, 5) is 14.3. The first kappa shape index (κ1) is 12.1. The van der Waals surface area contributed by atoms with Gasteiger partial charge in [-0.3, -0.25) is 9.69 Å². The fourth-order valence-electron chi connectivity index (χ4n) is 2.04. The monoisotopic (exact) mass is 233 g/mol. The van der Waals surface area contributed by atoms with E-state index in [0.29, 0.717) is 18.2 Å². The van der Waals surface area contributed by atoms with Crippen LogP contribution in [-0.2, 0) is 0 Å². The lowest BCUT2D eigenvalue weighted by atomic mass is 10.1. The summed E-state index contributed by atoms with van der Waals surface area (Å²) in [6.45, 7) is 3.64. The van der Waals surface area contributed by atoms with Crippen LogP contribution in [0.5, 0.6) is 5.75 Å². The molecule has 0 atom stereocenters. The van der Waals surface area contributed by atoms with Crippen LogP contribution in [0.1, 0.15) is 36.5 Å². The summed E-state index contributed by atoms with van der Waals surface area (Å²) >= 11 is 0. The predicted octanol–water partition coefficient (Wildman–Crippen LogP) is 2.45. The number of hydrogen-bond donors (Lipinski definition) is 1. The first-order valence-corrected chi connectivity index (χ1v) is 6.27. The number of carbonyl (C=O) groups is 1. The van der Waals surface area contributed by atoms with Crippen molar-refractivity contribution < 1.29 is 9.90 Å². The molecule has 0 unspecified atom stereocenters. The van der Waals surface area contributed by atoms with Crippen LogP contribution in [0.15, 0.2) is 24.3 Å². The second-order valence-corrected chi connectivity index (χ2v) is 4.67. The Labute approximate surface area is 102 Å². The van der Waals surface area contributed by atoms with Gasteiger partial charge in [0.25, 0.3) is 0 Å². The lowest BCUT2D eigenvalue weighted by Gasteiger charge is -2.20. The minimum atomic E-state index is 0.144. The Morgan fingerprint density at radius 2 is 2.00 bits per heavy atom. The van der Waals surface area contributed by atoms with Gasteiger partial charge < -0.3 is 5.11 Å². The normalized spacial score (nSPS) is 15.2. The summed E-state index contributed by atoms with van der Waals surface area (Å²) < 4.78 is 0. The van der Waals surface area contributed by atoms with E-state index in [9.17, 15) is 9.90 Å². The molecule has 1 aromatic rings. The van der Waals surface area contributed by atoms with E-state index in [0.717, 1.165) is 13.0 Å². The van der Waals surface area contributed by atoms with Crippen molar-refractivity contribution in [3.63, 3.8) is 0 Å². The maximum absolute atomic E-state index is 12.1. The zero-order valence-electron chi connectivity index (χ0n) is 10.2. The van der Waals surface area contributed by atoms with Crippen LogP contribution in [-0.4, -0.2) is 34.9 Å². The molecule has 0 radical (unpaired) electrons. The van der Waals surface area contributed by atoms with E-state index in [1.807, 2.05) is 0 Å². The van der Waals surface area contributed by atoms with E-state index in [2.05, 4.69) is 11.8 Å². The Hall–Kier alpha value is -1.35. The number of rotatable bonds is 6. The molecular weight excluding hydrogens is 214 g/mol. The van der Waals surface area contributed by atoms with Crippen LogP contribution >= 0.6 is 0 Å². The first-order chi connectivity index (χ1) is 8.20. The average molecular weight is 233 g/mol. The summed E-state index contributed by atoms with van der Waals surface area (Å²) in [7, 11) is 0. The molecule has 1 saturated carbocycles. The molecule has 1 aromatic carbocycles. The van der Waals surface area contributed by atoms with Crippen LogP contribution in [0, 0.1) is 0 Å². The zero-order chi connectivity index (χ0) is 12.3. The third-order valence-corrected chi connectivity index (χ3v) is 3.11. The summed E-state index contributed by atoms with van der Waals surface area (Å²) in [6, 6.07) is 7.13. The molecule has 1 fully saturated rings. The number of phenolic OH excluding ortho intramolecular Hbond substituents is 1. The molecule has 0 amide bonds. The smallest absolute Gasteiger partial charge is 0.176 e. The van der Waals surface area contributed by atoms with Crippen molar-refractivity contribution in [2.75, 3.05) is 13.1 Å². The Bertz CT molecular complexity index is 382. The molecule has 1 aliphatic rings. The molecule has 1 N–H and O–H groups in total. The van der Waals surface area contributed by atoms with E-state index in [1.54, 1.807) is 24.3 Å². The average Bonchev–Trinajstić information content (AvgIpc) is 3.13. The van der Waals surface area contributed by atoms with E-state index < -0.39 is 0 Å². The fourth-order valence-corrected chi connectivity index (χ4v) is 2.04. The van der Waals surface area contributed by atoms with Crippen molar-refractivity contribution in [3.8, 4) is 5.75 Å². The van der Waals surface area contributed by atoms with Crippen molar-refractivity contribution in [2.24, 2.45) is 0 Å². The van der Waals surface area contributed by atoms with Crippen LogP contribution in [0.25, 0.3) is 0 Å². The molecule has 0 aromatic heterocycles. The maximum Gasteiger partial charge on any atom is 0.176 e. The number of hydrogen-bond acceptors (Lipinski definition) is 3. The van der Waals surface area contributed by atoms with Gasteiger partial charge in [0.15, 0.2) is 5.78 Å². The van der Waals surface area contributed by atoms with Crippen molar-refractivity contribution in [1.29, 1.82) is 0 Å². The van der Waals surface area contributed by atoms with Gasteiger partial charge in [0.2, 0.25) is 0 Å². The molecule has 1 aliphatic carbocycles. The van der Waals surface area contributed by atoms with Gasteiger partial charge in [-0.05, 0) is 50.1 Å². The van der Waals surface area contributed by atoms with Gasteiger partial charge >= 0.3 is 0 Å². The molecule has 2 rings (SSSR count). The predicted molar refractivity (Wildman–Crippen MR) is 67.3 cm³/mol. The molecular formula is C14H19NO2. The van der Waals surface area contributed by atoms with Crippen LogP contribution in [0.4, 0.5) is 0 Å². The minimum Gasteiger partial charge on any atom is -0.508 e. The van der Waals surface area contributed by atoms with Crippen LogP contribution in [0.2, 0.25) is 0 Å². The van der Waals surface area contributed by atoms with E-state index in [4.69, 9.17) is 0 Å². The highest BCUT2D eigenvalue weighted by Gasteiger charge is 2.29. The number of phenols is 1. The van der Waals surface area contributed by atoms with Gasteiger partial charge in [0, 0.05) is 11.6 Å². The van der Waals surface area contributed by atoms with Gasteiger partial charge in [-0.25, -0.2) is 0 Å². The number of carbonyl (C=O) groups excluding carboxylic acids is 1. The summed E-state index contributed by atoms with van der Waals surface area (Å²) in [5.41, 5.74) is 0.685. The summed E-state index contributed by atoms with van der Waals surface area (Å²) in [5.74, 6) is 0.347. The van der Waals surface area contributed by atoms with Crippen LogP contribution in [0.3, 0.4) is 0 Å². The maximum atomic E-state index is 12.1. The van der Waals surface area contributed by atoms with Gasteiger partial charge in [-0.15, -0.1) is 0 Å². The Morgan fingerprint density at radius 1 is 1.35 bits per heavy atom. The summed E-state index contributed by atoms with van der Waals surface area (Å²) in [6.07, 6.45) is 3.53. The largest absolute Gasteiger partial charge is 0.508 e. The van der Waals surface area contributed by atoms with E-state index in [-0.39, 0.29) is 11.5 Å². The van der Waals surface area contributed by atoms with Crippen molar-refractivity contribution in [3.05, 3.63) is 29.8 Å². The van der Waals surface area contributed by atoms with Crippen LogP contribution < -0.4 is 0 Å². The Morgan fingerprint density at radius 3 is 2.53 bits per heavy atom. The summed E-state index contributed by atoms with van der Waals surface area (Å²) in [5, 5.41) is 9.18. The SMILES string of the molecule is CCCN(CC(=O)c1ccc(O)cc1)C1CC1. The third-order valence-electron chi connectivity index (χ3n) is 3.11. The van der Waals surface area contributed by atoms with Crippen molar-refractivity contribution in [1.82, 2.24) is 4.90 Å². The fraction of sp³-hybridized carbons (Fsp3) is 0.500. The molecule has 0 spiro atoms. The van der Waals surface area contributed by atoms with E-state index >= 15 is 0 Å². The lowest BCUT2D eigenvalue weighted by molar-refractivity contribution is 0.0925. The number of aromatic hydroxyl groups is 1. The molecule has 3 heteroatoms. The number of benzene rings is 1. The minimum absolute atomic E-state index is 0.144. The number of ketones is 1. The molecule has 3 nitrogen and oxygen atoms in total. The lowest BCUT2D eigenvalue weighted by Crippen LogP contribution is -2.32. The molecule has 17 heavy (non-hydrogen) atoms. The van der Waals surface area contributed by atoms with Gasteiger partial charge in [0.05, 0.1) is 6.54 Å². The highest BCUT2D eigenvalue weighted by Crippen LogP contribution is 2.27. The highest BCUT2D eigenvalue weighted by atomic mass is 16.3. The quantitative estimate of drug-likeness (QED) is 0.767. The van der Waals surface area contributed by atoms with Gasteiger partial charge in [0.1, 0.15) is 5.75 Å². The van der Waals surface area contributed by atoms with E-state index in [1.165, 1.54) is 12.8 Å². The third kappa shape index (κ3) is 3.30. The highest BCUT2D eigenvalue weighted by molar-refractivity contribution is 5.97. The first-order valence-electron chi connectivity index (χ1n) is 6.27. The Balaban J connectivity index is 1.97. The zero-order valence-corrected chi connectivity index (χ0v) is 10.2. The second-order valence-electron chi connectivity index (χ2n) is 4.67. The number of nitrogens with zero attached hydrogens (tertiary/aromatic N) is 1. The number of Topliss-reactive ketones (excluding diaryl/α,β-unsaturated/α-hetero) is 1. The topological polar surface area (TPSA) is 40.5 Å². The molecule has 0 bridgehead atoms. The van der Waals surface area contributed by atoms with Crippen molar-refractivity contribution in [2.45, 2.75) is 32.2 Å². The molecule has 0 aliphatic heterocycles. The van der Waals surface area contributed by atoms with Gasteiger partial charge in [-0.1, -0.05) is 6.92 Å². The van der Waals surface area contributed by atoms with Gasteiger partial charge in [-0.2, -0.15) is 0 Å². The van der Waals surface area contributed by atoms with Crippen molar-refractivity contribution >= 4 is 5.78 Å². The Kier molecular flexibility index (Phi) is 3.79. The standard InChI is InChI=1S/C14H19NO2/c1-2-9-15(12-5-6-12)10-14(17)11-3-7-13(16)8-4-11/h3-4,7-8,12,16H,2,5-6,9-10H2,1H3. The molecule has 0 heterocycles. The molecule has 92 valence electrons. The second kappa shape index (κ2) is 5.32. The molecule has 0 saturated heterocycles.